The Labute approximate surface area is 122 Å². The third-order valence-electron chi connectivity index (χ3n) is 3.11. The third kappa shape index (κ3) is 3.13. The molecule has 0 saturated heterocycles. The van der Waals surface area contributed by atoms with Crippen molar-refractivity contribution in [1.29, 1.82) is 0 Å². The molecule has 7 nitrogen and oxygen atoms in total. The van der Waals surface area contributed by atoms with Gasteiger partial charge in [0.05, 0.1) is 11.0 Å². The first-order valence-electron chi connectivity index (χ1n) is 6.80. The molecule has 0 saturated carbocycles. The molecule has 0 atom stereocenters. The molecule has 1 aromatic carbocycles. The summed E-state index contributed by atoms with van der Waals surface area (Å²) in [5, 5.41) is 11.8. The van der Waals surface area contributed by atoms with Gasteiger partial charge in [-0.05, 0) is 25.0 Å². The van der Waals surface area contributed by atoms with E-state index in [-0.39, 0.29) is 5.95 Å². The number of nitrogens with one attached hydrogen (secondary N) is 2. The van der Waals surface area contributed by atoms with Crippen LogP contribution in [0.5, 0.6) is 0 Å². The van der Waals surface area contributed by atoms with Crippen LogP contribution in [0, 0.1) is 6.92 Å². The molecular formula is C14H18N4O3. The van der Waals surface area contributed by atoms with E-state index < -0.39 is 12.1 Å². The van der Waals surface area contributed by atoms with Crippen LogP contribution >= 0.6 is 0 Å². The summed E-state index contributed by atoms with van der Waals surface area (Å²) < 4.78 is 0. The summed E-state index contributed by atoms with van der Waals surface area (Å²) in [7, 11) is 0. The lowest BCUT2D eigenvalue weighted by atomic mass is 10.2. The normalized spacial score (nSPS) is 10.6. The molecule has 0 aliphatic carbocycles. The molecule has 0 bridgehead atoms. The van der Waals surface area contributed by atoms with E-state index in [9.17, 15) is 14.7 Å². The first-order valence-corrected chi connectivity index (χ1v) is 6.80. The van der Waals surface area contributed by atoms with Crippen LogP contribution in [0.15, 0.2) is 18.2 Å². The molecule has 2 rings (SSSR count). The number of aromatic nitrogens is 2. The van der Waals surface area contributed by atoms with E-state index in [1.807, 2.05) is 26.0 Å². The highest BCUT2D eigenvalue weighted by atomic mass is 16.4. The van der Waals surface area contributed by atoms with Crippen LogP contribution < -0.4 is 10.2 Å². The summed E-state index contributed by atoms with van der Waals surface area (Å²) in [5.41, 5.74) is 2.25. The number of anilines is 1. The molecule has 0 radical (unpaired) electrons. The maximum Gasteiger partial charge on any atom is 0.422 e. The van der Waals surface area contributed by atoms with Gasteiger partial charge in [0.1, 0.15) is 0 Å². The maximum atomic E-state index is 12.0. The first kappa shape index (κ1) is 14.8. The smallest absolute Gasteiger partial charge is 0.422 e. The lowest BCUT2D eigenvalue weighted by Crippen LogP contribution is -2.44. The van der Waals surface area contributed by atoms with Crippen LogP contribution in [0.4, 0.5) is 15.5 Å². The Balaban J connectivity index is 2.30. The Morgan fingerprint density at radius 1 is 1.43 bits per heavy atom. The zero-order valence-corrected chi connectivity index (χ0v) is 12.0. The summed E-state index contributed by atoms with van der Waals surface area (Å²) >= 11 is 0. The molecule has 2 aromatic rings. The second-order valence-electron chi connectivity index (χ2n) is 4.73. The van der Waals surface area contributed by atoms with Gasteiger partial charge in [-0.15, -0.1) is 0 Å². The minimum absolute atomic E-state index is 0.000739. The van der Waals surface area contributed by atoms with Crippen LogP contribution in [0.3, 0.4) is 0 Å². The van der Waals surface area contributed by atoms with Gasteiger partial charge in [-0.3, -0.25) is 0 Å². The second-order valence-corrected chi connectivity index (χ2v) is 4.73. The number of hydrogen-bond donors (Lipinski definition) is 3. The van der Waals surface area contributed by atoms with Crippen molar-refractivity contribution in [2.75, 3.05) is 11.4 Å². The Bertz CT molecular complexity index is 665. The zero-order valence-electron chi connectivity index (χ0n) is 12.0. The van der Waals surface area contributed by atoms with Gasteiger partial charge in [0.2, 0.25) is 5.95 Å². The summed E-state index contributed by atoms with van der Waals surface area (Å²) in [6.45, 7) is 4.29. The van der Waals surface area contributed by atoms with Crippen molar-refractivity contribution in [2.45, 2.75) is 26.7 Å². The zero-order chi connectivity index (χ0) is 15.4. The monoisotopic (exact) mass is 290 g/mol. The number of unbranched alkanes of at least 4 members (excludes halogenated alkanes) is 1. The van der Waals surface area contributed by atoms with E-state index in [2.05, 4.69) is 15.3 Å². The molecule has 0 aliphatic rings. The number of nitrogens with zero attached hydrogens (tertiary/aromatic N) is 2. The number of fused-ring (bicyclic) bond motifs is 1. The van der Waals surface area contributed by atoms with Gasteiger partial charge in [-0.1, -0.05) is 25.5 Å². The number of H-pyrrole nitrogens is 1. The van der Waals surface area contributed by atoms with Crippen molar-refractivity contribution in [2.24, 2.45) is 0 Å². The fourth-order valence-corrected chi connectivity index (χ4v) is 1.99. The van der Waals surface area contributed by atoms with Crippen molar-refractivity contribution in [1.82, 2.24) is 15.3 Å². The number of amides is 3. The molecule has 0 fully saturated rings. The number of rotatable bonds is 4. The van der Waals surface area contributed by atoms with Gasteiger partial charge < -0.3 is 15.4 Å². The van der Waals surface area contributed by atoms with E-state index in [0.29, 0.717) is 22.5 Å². The topological polar surface area (TPSA) is 98.3 Å². The number of imide groups is 1. The summed E-state index contributed by atoms with van der Waals surface area (Å²) in [6, 6.07) is 4.80. The predicted molar refractivity (Wildman–Crippen MR) is 79.6 cm³/mol. The molecule has 112 valence electrons. The highest BCUT2D eigenvalue weighted by Crippen LogP contribution is 2.20. The SMILES string of the molecule is CCCCNC(=O)N(C(=O)O)c1nc2c(C)cccc2[nH]1. The largest absolute Gasteiger partial charge is 0.464 e. The van der Waals surface area contributed by atoms with Gasteiger partial charge in [0.25, 0.3) is 0 Å². The lowest BCUT2D eigenvalue weighted by Gasteiger charge is -2.14. The molecule has 3 amide bonds. The fourth-order valence-electron chi connectivity index (χ4n) is 1.99. The average molecular weight is 290 g/mol. The quantitative estimate of drug-likeness (QED) is 0.754. The highest BCUT2D eigenvalue weighted by Gasteiger charge is 2.25. The van der Waals surface area contributed by atoms with Crippen molar-refractivity contribution in [3.8, 4) is 0 Å². The first-order chi connectivity index (χ1) is 10.0. The van der Waals surface area contributed by atoms with E-state index in [0.717, 1.165) is 18.4 Å². The molecule has 0 spiro atoms. The summed E-state index contributed by atoms with van der Waals surface area (Å²) in [5.74, 6) is 0.000739. The summed E-state index contributed by atoms with van der Waals surface area (Å²) in [4.78, 5) is 31.0. The van der Waals surface area contributed by atoms with Gasteiger partial charge in [0.15, 0.2) is 0 Å². The van der Waals surface area contributed by atoms with Crippen LogP contribution in [0.25, 0.3) is 11.0 Å². The Morgan fingerprint density at radius 2 is 2.19 bits per heavy atom. The standard InChI is InChI=1S/C14H18N4O3/c1-3-4-8-15-13(19)18(14(20)21)12-16-10-7-5-6-9(2)11(10)17-12/h5-7H,3-4,8H2,1-2H3,(H,15,19)(H,16,17)(H,20,21). The van der Waals surface area contributed by atoms with Gasteiger partial charge in [-0.2, -0.15) is 4.90 Å². The van der Waals surface area contributed by atoms with Crippen LogP contribution in [0.1, 0.15) is 25.3 Å². The number of carbonyl (C=O) groups is 2. The van der Waals surface area contributed by atoms with Gasteiger partial charge >= 0.3 is 12.1 Å². The molecule has 0 aliphatic heterocycles. The minimum Gasteiger partial charge on any atom is -0.464 e. The van der Waals surface area contributed by atoms with E-state index >= 15 is 0 Å². The number of urea groups is 1. The highest BCUT2D eigenvalue weighted by molar-refractivity contribution is 6.10. The number of para-hydroxylation sites is 1. The van der Waals surface area contributed by atoms with Gasteiger partial charge in [0, 0.05) is 6.54 Å². The second kappa shape index (κ2) is 6.25. The summed E-state index contributed by atoms with van der Waals surface area (Å²) in [6.07, 6.45) is 0.330. The van der Waals surface area contributed by atoms with E-state index in [1.54, 1.807) is 6.07 Å². The number of aryl methyl sites for hydroxylation is 1. The third-order valence-corrected chi connectivity index (χ3v) is 3.11. The van der Waals surface area contributed by atoms with Crippen molar-refractivity contribution in [3.05, 3.63) is 23.8 Å². The number of imidazole rings is 1. The molecule has 3 N–H and O–H groups in total. The molecule has 1 heterocycles. The van der Waals surface area contributed by atoms with Crippen LogP contribution in [-0.4, -0.2) is 33.7 Å². The number of carbonyl (C=O) groups excluding carboxylic acids is 1. The number of carboxylic acid groups (broad SMARTS) is 1. The molecule has 21 heavy (non-hydrogen) atoms. The molecule has 1 aromatic heterocycles. The van der Waals surface area contributed by atoms with E-state index in [4.69, 9.17) is 0 Å². The fraction of sp³-hybridized carbons (Fsp3) is 0.357. The van der Waals surface area contributed by atoms with Crippen LogP contribution in [-0.2, 0) is 0 Å². The predicted octanol–water partition coefficient (Wildman–Crippen LogP) is 2.87. The average Bonchev–Trinajstić information content (AvgIpc) is 2.83. The number of hydrogen-bond acceptors (Lipinski definition) is 3. The molecule has 7 heteroatoms. The van der Waals surface area contributed by atoms with Gasteiger partial charge in [-0.25, -0.2) is 14.6 Å². The van der Waals surface area contributed by atoms with Crippen molar-refractivity contribution >= 4 is 29.1 Å². The Morgan fingerprint density at radius 3 is 2.81 bits per heavy atom. The minimum atomic E-state index is -1.37. The maximum absolute atomic E-state index is 12.0. The Hall–Kier alpha value is -2.57. The van der Waals surface area contributed by atoms with E-state index in [1.165, 1.54) is 0 Å². The number of aromatic amines is 1. The molecule has 0 unspecified atom stereocenters. The number of benzene rings is 1. The molecular weight excluding hydrogens is 272 g/mol. The van der Waals surface area contributed by atoms with Crippen molar-refractivity contribution < 1.29 is 14.7 Å². The Kier molecular flexibility index (Phi) is 4.42. The lowest BCUT2D eigenvalue weighted by molar-refractivity contribution is 0.199. The van der Waals surface area contributed by atoms with Crippen LogP contribution in [0.2, 0.25) is 0 Å². The van der Waals surface area contributed by atoms with Crippen molar-refractivity contribution in [3.63, 3.8) is 0 Å².